The Balaban J connectivity index is 2.52. The third kappa shape index (κ3) is 2.26. The van der Waals surface area contributed by atoms with Crippen LogP contribution in [0.3, 0.4) is 0 Å². The number of aryl methyl sites for hydroxylation is 1. The van der Waals surface area contributed by atoms with Crippen molar-refractivity contribution in [2.45, 2.75) is 6.92 Å². The molecular weight excluding hydrogens is 298 g/mol. The van der Waals surface area contributed by atoms with Crippen molar-refractivity contribution in [2.24, 2.45) is 0 Å². The van der Waals surface area contributed by atoms with Crippen molar-refractivity contribution in [1.82, 2.24) is 14.3 Å². The molecule has 0 aliphatic rings. The number of likely N-dealkylation sites (N-methyl/N-ethyl adjacent to an activating group) is 1. The Kier molecular flexibility index (Phi) is 3.68. The molecule has 2 aromatic rings. The van der Waals surface area contributed by atoms with Crippen molar-refractivity contribution >= 4 is 27.5 Å². The molecule has 0 saturated carbocycles. The molecule has 0 bridgehead atoms. The van der Waals surface area contributed by atoms with E-state index in [0.717, 1.165) is 10.1 Å². The highest BCUT2D eigenvalue weighted by Gasteiger charge is 2.19. The molecule has 2 rings (SSSR count). The van der Waals surface area contributed by atoms with Gasteiger partial charge in [-0.1, -0.05) is 0 Å². The zero-order valence-corrected chi connectivity index (χ0v) is 11.8. The second-order valence-corrected chi connectivity index (χ2v) is 4.99. The number of aliphatic hydroxyl groups excluding tert-OH is 1. The van der Waals surface area contributed by atoms with Crippen LogP contribution in [0.4, 0.5) is 0 Å². The van der Waals surface area contributed by atoms with E-state index in [-0.39, 0.29) is 12.5 Å². The Morgan fingerprint density at radius 3 is 2.94 bits per heavy atom. The monoisotopic (exact) mass is 311 g/mol. The predicted molar refractivity (Wildman–Crippen MR) is 71.7 cm³/mol. The van der Waals surface area contributed by atoms with Crippen LogP contribution in [0.2, 0.25) is 0 Å². The number of hydrogen-bond acceptors (Lipinski definition) is 3. The van der Waals surface area contributed by atoms with Gasteiger partial charge in [-0.3, -0.25) is 9.20 Å². The number of nitrogens with zero attached hydrogens (tertiary/aromatic N) is 3. The Labute approximate surface area is 113 Å². The number of aromatic nitrogens is 2. The Morgan fingerprint density at radius 1 is 1.56 bits per heavy atom. The number of amides is 1. The van der Waals surface area contributed by atoms with Gasteiger partial charge in [0.1, 0.15) is 11.3 Å². The lowest BCUT2D eigenvalue weighted by atomic mass is 10.3. The normalized spacial score (nSPS) is 10.9. The van der Waals surface area contributed by atoms with Gasteiger partial charge in [-0.2, -0.15) is 0 Å². The van der Waals surface area contributed by atoms with E-state index in [9.17, 15) is 4.79 Å². The maximum atomic E-state index is 12.3. The molecule has 0 aliphatic carbocycles. The van der Waals surface area contributed by atoms with E-state index in [1.165, 1.54) is 4.90 Å². The lowest BCUT2D eigenvalue weighted by molar-refractivity contribution is 0.0759. The SMILES string of the molecule is Cc1nc2ccc(Br)cn2c1C(=O)N(C)CCO. The van der Waals surface area contributed by atoms with Crippen molar-refractivity contribution in [1.29, 1.82) is 0 Å². The third-order valence-corrected chi connectivity index (χ3v) is 3.21. The summed E-state index contributed by atoms with van der Waals surface area (Å²) in [7, 11) is 1.66. The summed E-state index contributed by atoms with van der Waals surface area (Å²) < 4.78 is 2.64. The molecule has 0 unspecified atom stereocenters. The van der Waals surface area contributed by atoms with Crippen molar-refractivity contribution in [2.75, 3.05) is 20.2 Å². The van der Waals surface area contributed by atoms with Gasteiger partial charge in [0, 0.05) is 24.3 Å². The molecule has 0 atom stereocenters. The number of carbonyl (C=O) groups is 1. The molecule has 1 amide bonds. The van der Waals surface area contributed by atoms with Crippen LogP contribution < -0.4 is 0 Å². The number of aliphatic hydroxyl groups is 1. The topological polar surface area (TPSA) is 57.8 Å². The summed E-state index contributed by atoms with van der Waals surface area (Å²) in [5.41, 5.74) is 1.95. The van der Waals surface area contributed by atoms with E-state index in [1.807, 2.05) is 18.3 Å². The minimum absolute atomic E-state index is 0.0539. The van der Waals surface area contributed by atoms with Gasteiger partial charge in [0.05, 0.1) is 12.3 Å². The van der Waals surface area contributed by atoms with Gasteiger partial charge in [0.25, 0.3) is 5.91 Å². The van der Waals surface area contributed by atoms with Crippen LogP contribution in [0.25, 0.3) is 5.65 Å². The van der Waals surface area contributed by atoms with E-state index < -0.39 is 0 Å². The maximum absolute atomic E-state index is 12.3. The average Bonchev–Trinajstić information content (AvgIpc) is 2.64. The van der Waals surface area contributed by atoms with E-state index >= 15 is 0 Å². The zero-order valence-electron chi connectivity index (χ0n) is 10.2. The number of rotatable bonds is 3. The van der Waals surface area contributed by atoms with Gasteiger partial charge >= 0.3 is 0 Å². The Morgan fingerprint density at radius 2 is 2.28 bits per heavy atom. The number of pyridine rings is 1. The summed E-state index contributed by atoms with van der Waals surface area (Å²) in [5, 5.41) is 8.89. The average molecular weight is 312 g/mol. The van der Waals surface area contributed by atoms with Gasteiger partial charge in [0.2, 0.25) is 0 Å². The molecule has 96 valence electrons. The van der Waals surface area contributed by atoms with Crippen molar-refractivity contribution in [3.63, 3.8) is 0 Å². The zero-order chi connectivity index (χ0) is 13.3. The molecule has 0 radical (unpaired) electrons. The fourth-order valence-corrected chi connectivity index (χ4v) is 2.16. The molecule has 6 heteroatoms. The summed E-state index contributed by atoms with van der Waals surface area (Å²) >= 11 is 3.38. The van der Waals surface area contributed by atoms with E-state index in [4.69, 9.17) is 5.11 Å². The molecule has 0 spiro atoms. The van der Waals surface area contributed by atoms with Crippen LogP contribution >= 0.6 is 15.9 Å². The number of fused-ring (bicyclic) bond motifs is 1. The maximum Gasteiger partial charge on any atom is 0.272 e. The van der Waals surface area contributed by atoms with E-state index in [1.54, 1.807) is 18.4 Å². The highest BCUT2D eigenvalue weighted by atomic mass is 79.9. The molecular formula is C12H14BrN3O2. The van der Waals surface area contributed by atoms with Crippen LogP contribution in [0.5, 0.6) is 0 Å². The first-order valence-corrected chi connectivity index (χ1v) is 6.34. The highest BCUT2D eigenvalue weighted by molar-refractivity contribution is 9.10. The van der Waals surface area contributed by atoms with Crippen molar-refractivity contribution in [3.05, 3.63) is 34.2 Å². The molecule has 0 aliphatic heterocycles. The molecule has 0 saturated heterocycles. The molecule has 0 fully saturated rings. The van der Waals surface area contributed by atoms with Gasteiger partial charge < -0.3 is 10.0 Å². The van der Waals surface area contributed by atoms with Crippen molar-refractivity contribution in [3.8, 4) is 0 Å². The Hall–Kier alpha value is -1.40. The summed E-state index contributed by atoms with van der Waals surface area (Å²) in [6, 6.07) is 3.73. The molecule has 2 heterocycles. The number of imidazole rings is 1. The fraction of sp³-hybridized carbons (Fsp3) is 0.333. The lowest BCUT2D eigenvalue weighted by Gasteiger charge is -2.15. The summed E-state index contributed by atoms with van der Waals surface area (Å²) in [6.45, 7) is 2.06. The van der Waals surface area contributed by atoms with Crippen molar-refractivity contribution < 1.29 is 9.90 Å². The molecule has 1 N–H and O–H groups in total. The minimum Gasteiger partial charge on any atom is -0.395 e. The van der Waals surface area contributed by atoms with Gasteiger partial charge in [-0.05, 0) is 35.0 Å². The summed E-state index contributed by atoms with van der Waals surface area (Å²) in [4.78, 5) is 18.1. The fourth-order valence-electron chi connectivity index (χ4n) is 1.83. The first-order chi connectivity index (χ1) is 8.54. The quantitative estimate of drug-likeness (QED) is 0.934. The minimum atomic E-state index is -0.146. The standard InChI is InChI=1S/C12H14BrN3O2/c1-8-11(12(18)15(2)5-6-17)16-7-9(13)3-4-10(16)14-8/h3-4,7,17H,5-6H2,1-2H3. The first-order valence-electron chi connectivity index (χ1n) is 5.55. The predicted octanol–water partition coefficient (Wildman–Crippen LogP) is 1.47. The van der Waals surface area contributed by atoms with Crippen LogP contribution in [-0.2, 0) is 0 Å². The molecule has 0 aromatic carbocycles. The van der Waals surface area contributed by atoms with E-state index in [0.29, 0.717) is 17.9 Å². The first kappa shape index (κ1) is 13.0. The third-order valence-electron chi connectivity index (χ3n) is 2.74. The Bertz CT molecular complexity index is 594. The summed E-state index contributed by atoms with van der Waals surface area (Å²) in [5.74, 6) is -0.146. The van der Waals surface area contributed by atoms with Crippen LogP contribution in [0.1, 0.15) is 16.2 Å². The van der Waals surface area contributed by atoms with E-state index in [2.05, 4.69) is 20.9 Å². The van der Waals surface area contributed by atoms with Crippen LogP contribution in [0, 0.1) is 6.92 Å². The number of hydrogen-bond donors (Lipinski definition) is 1. The highest BCUT2D eigenvalue weighted by Crippen LogP contribution is 2.17. The molecule has 18 heavy (non-hydrogen) atoms. The number of carbonyl (C=O) groups excluding carboxylic acids is 1. The second-order valence-electron chi connectivity index (χ2n) is 4.07. The molecule has 2 aromatic heterocycles. The second kappa shape index (κ2) is 5.07. The molecule has 5 nitrogen and oxygen atoms in total. The van der Waals surface area contributed by atoms with Crippen LogP contribution in [0.15, 0.2) is 22.8 Å². The smallest absolute Gasteiger partial charge is 0.272 e. The number of halogens is 1. The largest absolute Gasteiger partial charge is 0.395 e. The van der Waals surface area contributed by atoms with Gasteiger partial charge in [-0.15, -0.1) is 0 Å². The van der Waals surface area contributed by atoms with Crippen LogP contribution in [-0.4, -0.2) is 45.5 Å². The lowest BCUT2D eigenvalue weighted by Crippen LogP contribution is -2.30. The van der Waals surface area contributed by atoms with Gasteiger partial charge in [-0.25, -0.2) is 4.98 Å². The van der Waals surface area contributed by atoms with Gasteiger partial charge in [0.15, 0.2) is 0 Å². The summed E-state index contributed by atoms with van der Waals surface area (Å²) in [6.07, 6.45) is 1.81.